The molecule has 1 rings (SSSR count). The van der Waals surface area contributed by atoms with Gasteiger partial charge in [-0.05, 0) is 20.8 Å². The minimum absolute atomic E-state index is 0.111. The maximum absolute atomic E-state index is 5.63. The highest BCUT2D eigenvalue weighted by Gasteiger charge is 2.05. The van der Waals surface area contributed by atoms with E-state index in [-0.39, 0.29) is 6.04 Å². The quantitative estimate of drug-likeness (QED) is 0.635. The number of rotatable bonds is 4. The van der Waals surface area contributed by atoms with Crippen LogP contribution in [0.4, 0.5) is 5.95 Å². The Hall–Kier alpha value is -1.10. The van der Waals surface area contributed by atoms with Crippen LogP contribution in [0.25, 0.3) is 0 Å². The molecule has 74 valence electrons. The van der Waals surface area contributed by atoms with Crippen LogP contribution in [0, 0.1) is 0 Å². The lowest BCUT2D eigenvalue weighted by Crippen LogP contribution is -2.18. The van der Waals surface area contributed by atoms with Crippen molar-refractivity contribution in [2.24, 2.45) is 5.73 Å². The average molecular weight is 183 g/mol. The molecule has 4 N–H and O–H groups in total. The first-order valence-corrected chi connectivity index (χ1v) is 4.51. The second kappa shape index (κ2) is 4.23. The summed E-state index contributed by atoms with van der Waals surface area (Å²) in [6, 6.07) is 0.457. The smallest absolute Gasteiger partial charge is 0.242 e. The van der Waals surface area contributed by atoms with E-state index in [1.807, 2.05) is 20.8 Å². The Labute approximate surface area is 78.1 Å². The predicted octanol–water partition coefficient (Wildman–Crippen LogP) is 0.515. The Balaban J connectivity index is 2.53. The number of H-pyrrole nitrogens is 1. The largest absolute Gasteiger partial charge is 0.351 e. The summed E-state index contributed by atoms with van der Waals surface area (Å²) in [5.74, 6) is 1.48. The van der Waals surface area contributed by atoms with Gasteiger partial charge in [-0.2, -0.15) is 4.98 Å². The minimum atomic E-state index is 0.111. The second-order valence-corrected chi connectivity index (χ2v) is 3.59. The van der Waals surface area contributed by atoms with E-state index in [9.17, 15) is 0 Å². The molecule has 0 saturated heterocycles. The van der Waals surface area contributed by atoms with Gasteiger partial charge in [0, 0.05) is 18.5 Å². The molecular formula is C8H17N5. The van der Waals surface area contributed by atoms with Crippen molar-refractivity contribution >= 4 is 5.95 Å². The summed E-state index contributed by atoms with van der Waals surface area (Å²) in [4.78, 5) is 4.23. The number of hydrogen-bond donors (Lipinski definition) is 3. The summed E-state index contributed by atoms with van der Waals surface area (Å²) < 4.78 is 0. The van der Waals surface area contributed by atoms with Gasteiger partial charge in [0.05, 0.1) is 0 Å². The summed E-state index contributed by atoms with van der Waals surface area (Å²) in [5, 5.41) is 9.95. The summed E-state index contributed by atoms with van der Waals surface area (Å²) in [6.07, 6.45) is 0.729. The van der Waals surface area contributed by atoms with Gasteiger partial charge in [-0.25, -0.2) is 0 Å². The molecule has 0 aromatic carbocycles. The van der Waals surface area contributed by atoms with Gasteiger partial charge < -0.3 is 11.1 Å². The molecule has 0 saturated carbocycles. The molecule has 1 atom stereocenters. The number of aromatic amines is 1. The molecule has 0 radical (unpaired) electrons. The third-order valence-corrected chi connectivity index (χ3v) is 1.46. The van der Waals surface area contributed by atoms with E-state index in [1.54, 1.807) is 0 Å². The fourth-order valence-electron chi connectivity index (χ4n) is 1.01. The summed E-state index contributed by atoms with van der Waals surface area (Å²) in [6.45, 7) is 6.03. The number of nitrogens with two attached hydrogens (primary N) is 1. The van der Waals surface area contributed by atoms with Crippen LogP contribution >= 0.6 is 0 Å². The van der Waals surface area contributed by atoms with Gasteiger partial charge in [0.2, 0.25) is 5.95 Å². The molecular weight excluding hydrogens is 166 g/mol. The van der Waals surface area contributed by atoms with Crippen LogP contribution in [-0.4, -0.2) is 27.3 Å². The van der Waals surface area contributed by atoms with E-state index >= 15 is 0 Å². The van der Waals surface area contributed by atoms with Crippen molar-refractivity contribution < 1.29 is 0 Å². The zero-order valence-corrected chi connectivity index (χ0v) is 8.33. The third kappa shape index (κ3) is 3.42. The Morgan fingerprint density at radius 2 is 2.15 bits per heavy atom. The second-order valence-electron chi connectivity index (χ2n) is 3.59. The fourth-order valence-corrected chi connectivity index (χ4v) is 1.01. The lowest BCUT2D eigenvalue weighted by Gasteiger charge is -2.03. The van der Waals surface area contributed by atoms with E-state index < -0.39 is 0 Å². The van der Waals surface area contributed by atoms with E-state index in [1.165, 1.54) is 0 Å². The van der Waals surface area contributed by atoms with Crippen molar-refractivity contribution in [3.05, 3.63) is 5.82 Å². The van der Waals surface area contributed by atoms with Gasteiger partial charge in [0.1, 0.15) is 5.82 Å². The molecule has 1 heterocycles. The van der Waals surface area contributed by atoms with Crippen LogP contribution in [0.5, 0.6) is 0 Å². The standard InChI is InChI=1S/C8H17N5/c1-5(2)10-8-11-7(12-13-8)4-6(3)9/h5-6H,4,9H2,1-3H3,(H2,10,11,12,13). The van der Waals surface area contributed by atoms with Crippen molar-refractivity contribution in [1.29, 1.82) is 0 Å². The number of anilines is 1. The van der Waals surface area contributed by atoms with E-state index in [0.717, 1.165) is 12.2 Å². The molecule has 5 nitrogen and oxygen atoms in total. The molecule has 13 heavy (non-hydrogen) atoms. The predicted molar refractivity (Wildman–Crippen MR) is 52.5 cm³/mol. The molecule has 0 bridgehead atoms. The molecule has 0 spiro atoms. The lowest BCUT2D eigenvalue weighted by atomic mass is 10.2. The van der Waals surface area contributed by atoms with Crippen LogP contribution < -0.4 is 11.1 Å². The highest BCUT2D eigenvalue weighted by Crippen LogP contribution is 2.01. The van der Waals surface area contributed by atoms with E-state index in [2.05, 4.69) is 20.5 Å². The molecule has 0 amide bonds. The van der Waals surface area contributed by atoms with Gasteiger partial charge in [0.25, 0.3) is 0 Å². The SMILES string of the molecule is CC(N)Cc1nc(NC(C)C)n[nH]1. The maximum atomic E-state index is 5.63. The Morgan fingerprint density at radius 1 is 1.46 bits per heavy atom. The van der Waals surface area contributed by atoms with E-state index in [0.29, 0.717) is 12.0 Å². The molecule has 0 aliphatic heterocycles. The van der Waals surface area contributed by atoms with Crippen molar-refractivity contribution in [3.63, 3.8) is 0 Å². The van der Waals surface area contributed by atoms with Crippen LogP contribution in [0.1, 0.15) is 26.6 Å². The molecule has 0 fully saturated rings. The number of aromatic nitrogens is 3. The van der Waals surface area contributed by atoms with Gasteiger partial charge in [0.15, 0.2) is 0 Å². The molecule has 5 heteroatoms. The Bertz CT molecular complexity index is 228. The van der Waals surface area contributed by atoms with Gasteiger partial charge in [-0.3, -0.25) is 5.10 Å². The van der Waals surface area contributed by atoms with Crippen molar-refractivity contribution in [3.8, 4) is 0 Å². The highest BCUT2D eigenvalue weighted by molar-refractivity contribution is 5.23. The van der Waals surface area contributed by atoms with Crippen molar-refractivity contribution in [1.82, 2.24) is 15.2 Å². The first kappa shape index (κ1) is 9.98. The summed E-state index contributed by atoms with van der Waals surface area (Å²) in [5.41, 5.74) is 5.63. The lowest BCUT2D eigenvalue weighted by molar-refractivity contribution is 0.705. The number of nitrogens with one attached hydrogen (secondary N) is 2. The van der Waals surface area contributed by atoms with Crippen LogP contribution in [0.15, 0.2) is 0 Å². The van der Waals surface area contributed by atoms with E-state index in [4.69, 9.17) is 5.73 Å². The molecule has 0 aliphatic rings. The number of nitrogens with zero attached hydrogens (tertiary/aromatic N) is 2. The normalized spacial score (nSPS) is 13.3. The number of hydrogen-bond acceptors (Lipinski definition) is 4. The van der Waals surface area contributed by atoms with Crippen LogP contribution in [0.2, 0.25) is 0 Å². The zero-order chi connectivity index (χ0) is 9.84. The monoisotopic (exact) mass is 183 g/mol. The molecule has 0 aliphatic carbocycles. The van der Waals surface area contributed by atoms with Crippen LogP contribution in [0.3, 0.4) is 0 Å². The first-order valence-electron chi connectivity index (χ1n) is 4.51. The Morgan fingerprint density at radius 3 is 2.69 bits per heavy atom. The van der Waals surface area contributed by atoms with Crippen molar-refractivity contribution in [2.75, 3.05) is 5.32 Å². The fraction of sp³-hybridized carbons (Fsp3) is 0.750. The minimum Gasteiger partial charge on any atom is -0.351 e. The summed E-state index contributed by atoms with van der Waals surface area (Å²) in [7, 11) is 0. The maximum Gasteiger partial charge on any atom is 0.242 e. The topological polar surface area (TPSA) is 79.6 Å². The zero-order valence-electron chi connectivity index (χ0n) is 8.33. The van der Waals surface area contributed by atoms with Gasteiger partial charge in [-0.15, -0.1) is 5.10 Å². The first-order chi connectivity index (χ1) is 6.08. The highest BCUT2D eigenvalue weighted by atomic mass is 15.3. The molecule has 1 aromatic heterocycles. The third-order valence-electron chi connectivity index (χ3n) is 1.46. The average Bonchev–Trinajstić information content (AvgIpc) is 2.33. The summed E-state index contributed by atoms with van der Waals surface area (Å²) >= 11 is 0. The molecule has 1 aromatic rings. The van der Waals surface area contributed by atoms with Crippen molar-refractivity contribution in [2.45, 2.75) is 39.3 Å². The van der Waals surface area contributed by atoms with Crippen LogP contribution in [-0.2, 0) is 6.42 Å². The van der Waals surface area contributed by atoms with Gasteiger partial charge >= 0.3 is 0 Å². The Kier molecular flexibility index (Phi) is 3.25. The molecule has 1 unspecified atom stereocenters. The van der Waals surface area contributed by atoms with Gasteiger partial charge in [-0.1, -0.05) is 0 Å².